The molecule has 0 fully saturated rings. The number of nitrogens with two attached hydrogens (primary N) is 1. The van der Waals surface area contributed by atoms with Gasteiger partial charge in [-0.25, -0.2) is 9.67 Å². The van der Waals surface area contributed by atoms with Gasteiger partial charge in [-0.1, -0.05) is 59.9 Å². The Morgan fingerprint density at radius 3 is 2.34 bits per heavy atom. The van der Waals surface area contributed by atoms with E-state index in [9.17, 15) is 19.2 Å². The van der Waals surface area contributed by atoms with Gasteiger partial charge in [-0.15, -0.1) is 0 Å². The minimum absolute atomic E-state index is 0.104. The Morgan fingerprint density at radius 2 is 1.69 bits per heavy atom. The summed E-state index contributed by atoms with van der Waals surface area (Å²) in [6.45, 7) is 0.967. The van der Waals surface area contributed by atoms with Crippen LogP contribution in [0.15, 0.2) is 59.4 Å². The number of primary amides is 1. The number of carbonyl (C=O) groups excluding carboxylic acids is 3. The van der Waals surface area contributed by atoms with Gasteiger partial charge in [-0.2, -0.15) is 5.10 Å². The SMILES string of the molecule is CC(=O)c1sc(NC(=O)Cn2nc(C(N)=O)c3ccccc3c2=O)nc1-c1ccccc1. The lowest BCUT2D eigenvalue weighted by Gasteiger charge is -2.08. The van der Waals surface area contributed by atoms with E-state index in [4.69, 9.17) is 5.73 Å². The lowest BCUT2D eigenvalue weighted by Crippen LogP contribution is -2.32. The fourth-order valence-corrected chi connectivity index (χ4v) is 4.12. The molecule has 0 spiro atoms. The maximum absolute atomic E-state index is 12.7. The summed E-state index contributed by atoms with van der Waals surface area (Å²) in [5.41, 5.74) is 5.97. The average molecular weight is 447 g/mol. The number of nitrogens with one attached hydrogen (secondary N) is 1. The molecule has 0 radical (unpaired) electrons. The minimum Gasteiger partial charge on any atom is -0.364 e. The minimum atomic E-state index is -0.811. The molecular weight excluding hydrogens is 430 g/mol. The first kappa shape index (κ1) is 21.1. The van der Waals surface area contributed by atoms with Crippen molar-refractivity contribution in [2.75, 3.05) is 5.32 Å². The standard InChI is InChI=1S/C22H17N5O4S/c1-12(28)19-17(13-7-3-2-4-8-13)25-22(32-19)24-16(29)11-27-21(31)15-10-6-5-9-14(15)18(26-27)20(23)30/h2-10H,11H2,1H3,(H2,23,30)(H,24,25,29). The normalized spacial score (nSPS) is 10.8. The van der Waals surface area contributed by atoms with Crippen LogP contribution in [0.2, 0.25) is 0 Å². The number of carbonyl (C=O) groups is 3. The van der Waals surface area contributed by atoms with Crippen LogP contribution in [-0.2, 0) is 11.3 Å². The molecule has 32 heavy (non-hydrogen) atoms. The summed E-state index contributed by atoms with van der Waals surface area (Å²) in [6.07, 6.45) is 0. The van der Waals surface area contributed by atoms with Crippen molar-refractivity contribution < 1.29 is 14.4 Å². The highest BCUT2D eigenvalue weighted by Crippen LogP contribution is 2.31. The van der Waals surface area contributed by atoms with Crippen LogP contribution in [0.1, 0.15) is 27.1 Å². The van der Waals surface area contributed by atoms with Crippen molar-refractivity contribution in [3.8, 4) is 11.3 Å². The summed E-state index contributed by atoms with van der Waals surface area (Å²) >= 11 is 1.04. The van der Waals surface area contributed by atoms with Crippen LogP contribution in [0.4, 0.5) is 5.13 Å². The number of nitrogens with zero attached hydrogens (tertiary/aromatic N) is 3. The quantitative estimate of drug-likeness (QED) is 0.436. The van der Waals surface area contributed by atoms with Gasteiger partial charge in [0.1, 0.15) is 6.54 Å². The third-order valence-electron chi connectivity index (χ3n) is 4.64. The van der Waals surface area contributed by atoms with Crippen molar-refractivity contribution in [3.05, 3.63) is 75.5 Å². The summed E-state index contributed by atoms with van der Waals surface area (Å²) in [6, 6.07) is 15.5. The van der Waals surface area contributed by atoms with Crippen LogP contribution in [-0.4, -0.2) is 32.4 Å². The van der Waals surface area contributed by atoms with Crippen molar-refractivity contribution in [2.24, 2.45) is 5.73 Å². The first-order valence-corrected chi connectivity index (χ1v) is 10.3. The maximum atomic E-state index is 12.7. The molecule has 2 aromatic heterocycles. The Balaban J connectivity index is 1.65. The van der Waals surface area contributed by atoms with Gasteiger partial charge in [0.2, 0.25) is 5.91 Å². The second-order valence-electron chi connectivity index (χ2n) is 6.89. The van der Waals surface area contributed by atoms with Gasteiger partial charge < -0.3 is 11.1 Å². The average Bonchev–Trinajstić information content (AvgIpc) is 3.20. The van der Waals surface area contributed by atoms with Crippen LogP contribution in [0, 0.1) is 0 Å². The zero-order valence-corrected chi connectivity index (χ0v) is 17.7. The number of amides is 2. The number of aromatic nitrogens is 3. The molecule has 0 saturated carbocycles. The molecule has 0 aliphatic rings. The third-order valence-corrected chi connectivity index (χ3v) is 5.71. The molecule has 0 bridgehead atoms. The van der Waals surface area contributed by atoms with E-state index in [2.05, 4.69) is 15.4 Å². The van der Waals surface area contributed by atoms with Gasteiger partial charge in [0.15, 0.2) is 16.6 Å². The molecule has 9 nitrogen and oxygen atoms in total. The highest BCUT2D eigenvalue weighted by molar-refractivity contribution is 7.18. The molecule has 0 aliphatic heterocycles. The summed E-state index contributed by atoms with van der Waals surface area (Å²) in [7, 11) is 0. The summed E-state index contributed by atoms with van der Waals surface area (Å²) < 4.78 is 0.884. The van der Waals surface area contributed by atoms with Crippen LogP contribution in [0.25, 0.3) is 22.0 Å². The monoisotopic (exact) mass is 447 g/mol. The van der Waals surface area contributed by atoms with E-state index in [0.717, 1.165) is 21.6 Å². The number of Topliss-reactive ketones (excluding diaryl/α,β-unsaturated/α-hetero) is 1. The maximum Gasteiger partial charge on any atom is 0.275 e. The fourth-order valence-electron chi connectivity index (χ4n) is 3.22. The Kier molecular flexibility index (Phi) is 5.61. The zero-order chi connectivity index (χ0) is 22.8. The number of rotatable bonds is 6. The van der Waals surface area contributed by atoms with Crippen LogP contribution < -0.4 is 16.6 Å². The number of anilines is 1. The second-order valence-corrected chi connectivity index (χ2v) is 7.89. The molecule has 3 N–H and O–H groups in total. The van der Waals surface area contributed by atoms with Gasteiger partial charge in [0.05, 0.1) is 16.0 Å². The van der Waals surface area contributed by atoms with Gasteiger partial charge >= 0.3 is 0 Å². The van der Waals surface area contributed by atoms with Crippen LogP contribution in [0.5, 0.6) is 0 Å². The Hall–Kier alpha value is -4.18. The summed E-state index contributed by atoms with van der Waals surface area (Å²) in [4.78, 5) is 54.0. The molecule has 160 valence electrons. The van der Waals surface area contributed by atoms with E-state index in [0.29, 0.717) is 16.0 Å². The number of ketones is 1. The molecule has 0 unspecified atom stereocenters. The topological polar surface area (TPSA) is 137 Å². The van der Waals surface area contributed by atoms with Crippen molar-refractivity contribution in [3.63, 3.8) is 0 Å². The van der Waals surface area contributed by atoms with Crippen molar-refractivity contribution in [1.82, 2.24) is 14.8 Å². The molecular formula is C22H17N5O4S. The van der Waals surface area contributed by atoms with E-state index in [-0.39, 0.29) is 22.0 Å². The summed E-state index contributed by atoms with van der Waals surface area (Å²) in [5.74, 6) is -1.58. The number of thiazole rings is 1. The highest BCUT2D eigenvalue weighted by Gasteiger charge is 2.19. The number of hydrogen-bond acceptors (Lipinski definition) is 7. The highest BCUT2D eigenvalue weighted by atomic mass is 32.1. The van der Waals surface area contributed by atoms with Crippen molar-refractivity contribution in [2.45, 2.75) is 13.5 Å². The molecule has 4 aromatic rings. The number of fused-ring (bicyclic) bond motifs is 1. The predicted molar refractivity (Wildman–Crippen MR) is 121 cm³/mol. The van der Waals surface area contributed by atoms with Crippen molar-refractivity contribution in [1.29, 1.82) is 0 Å². The van der Waals surface area contributed by atoms with Gasteiger partial charge in [0, 0.05) is 17.9 Å². The van der Waals surface area contributed by atoms with E-state index in [1.54, 1.807) is 18.2 Å². The second kappa shape index (κ2) is 8.52. The first-order valence-electron chi connectivity index (χ1n) is 9.52. The molecule has 10 heteroatoms. The van der Waals surface area contributed by atoms with Crippen molar-refractivity contribution >= 4 is 44.8 Å². The smallest absolute Gasteiger partial charge is 0.275 e. The summed E-state index contributed by atoms with van der Waals surface area (Å²) in [5, 5.41) is 7.33. The molecule has 2 amide bonds. The first-order chi connectivity index (χ1) is 15.3. The molecule has 0 saturated heterocycles. The van der Waals surface area contributed by atoms with Gasteiger partial charge in [-0.05, 0) is 6.07 Å². The van der Waals surface area contributed by atoms with Crippen LogP contribution >= 0.6 is 11.3 Å². The molecule has 2 aromatic carbocycles. The van der Waals surface area contributed by atoms with E-state index in [1.165, 1.54) is 13.0 Å². The molecule has 4 rings (SSSR count). The fraction of sp³-hybridized carbons (Fsp3) is 0.0909. The van der Waals surface area contributed by atoms with Crippen LogP contribution in [0.3, 0.4) is 0 Å². The number of benzene rings is 2. The molecule has 0 aliphatic carbocycles. The lowest BCUT2D eigenvalue weighted by atomic mass is 10.1. The Labute approximate surface area is 185 Å². The molecule has 0 atom stereocenters. The van der Waals surface area contributed by atoms with Gasteiger partial charge in [0.25, 0.3) is 11.5 Å². The van der Waals surface area contributed by atoms with E-state index < -0.39 is 23.9 Å². The third kappa shape index (κ3) is 4.03. The Morgan fingerprint density at radius 1 is 1.03 bits per heavy atom. The van der Waals surface area contributed by atoms with Gasteiger partial charge in [-0.3, -0.25) is 19.2 Å². The van der Waals surface area contributed by atoms with E-state index in [1.807, 2.05) is 30.3 Å². The molecule has 2 heterocycles. The largest absolute Gasteiger partial charge is 0.364 e. The zero-order valence-electron chi connectivity index (χ0n) is 16.9. The number of hydrogen-bond donors (Lipinski definition) is 2. The predicted octanol–water partition coefficient (Wildman–Crippen LogP) is 2.46. The van der Waals surface area contributed by atoms with E-state index >= 15 is 0 Å². The Bertz CT molecular complexity index is 1430. The lowest BCUT2D eigenvalue weighted by molar-refractivity contribution is -0.117.